The van der Waals surface area contributed by atoms with Crippen molar-refractivity contribution in [1.29, 1.82) is 0 Å². The Kier molecular flexibility index (Phi) is 4.19. The lowest BCUT2D eigenvalue weighted by atomic mass is 9.84. The molecule has 0 aromatic heterocycles. The molecule has 2 rings (SSSR count). The first-order valence-electron chi connectivity index (χ1n) is 5.84. The van der Waals surface area contributed by atoms with Gasteiger partial charge >= 0.3 is 0 Å². The van der Waals surface area contributed by atoms with Crippen molar-refractivity contribution < 1.29 is 0 Å². The third-order valence-corrected chi connectivity index (χ3v) is 2.69. The fraction of sp³-hybridized carbons (Fsp3) is 0.571. The lowest BCUT2D eigenvalue weighted by molar-refractivity contribution is 0.696. The maximum Gasteiger partial charge on any atom is -0.0216 e. The Bertz CT molecular complexity index is 276. The Morgan fingerprint density at radius 1 is 1.29 bits per heavy atom. The molecular formula is C14H22. The first kappa shape index (κ1) is 11.3. The molecule has 1 atom stereocenters. The van der Waals surface area contributed by atoms with E-state index in [0.29, 0.717) is 0 Å². The third-order valence-electron chi connectivity index (χ3n) is 2.69. The van der Waals surface area contributed by atoms with E-state index in [9.17, 15) is 0 Å². The molecule has 0 nitrogen and oxygen atoms in total. The molecule has 0 heterocycles. The van der Waals surface area contributed by atoms with E-state index in [2.05, 4.69) is 32.1 Å². The summed E-state index contributed by atoms with van der Waals surface area (Å²) in [5, 5.41) is 0. The lowest BCUT2D eigenvalue weighted by Crippen LogP contribution is -2.04. The van der Waals surface area contributed by atoms with Gasteiger partial charge in [0, 0.05) is 0 Å². The Hall–Kier alpha value is -0.780. The van der Waals surface area contributed by atoms with Crippen molar-refractivity contribution in [2.45, 2.75) is 47.0 Å². The van der Waals surface area contributed by atoms with Crippen LogP contribution in [0.1, 0.15) is 47.0 Å². The van der Waals surface area contributed by atoms with Gasteiger partial charge in [-0.1, -0.05) is 44.6 Å². The highest BCUT2D eigenvalue weighted by Gasteiger charge is 2.14. The van der Waals surface area contributed by atoms with E-state index >= 15 is 0 Å². The van der Waals surface area contributed by atoms with Gasteiger partial charge in [-0.05, 0) is 43.3 Å². The van der Waals surface area contributed by atoms with Crippen molar-refractivity contribution in [3.05, 3.63) is 34.9 Å². The minimum atomic E-state index is 0.742. The predicted molar refractivity (Wildman–Crippen MR) is 64.3 cm³/mol. The minimum absolute atomic E-state index is 0.742. The molecule has 14 heavy (non-hydrogen) atoms. The fourth-order valence-electron chi connectivity index (χ4n) is 2.00. The molecule has 0 fully saturated rings. The number of hydrogen-bond acceptors (Lipinski definition) is 0. The first-order chi connectivity index (χ1) is 6.75. The zero-order valence-electron chi connectivity index (χ0n) is 9.93. The van der Waals surface area contributed by atoms with Gasteiger partial charge in [0.1, 0.15) is 0 Å². The summed E-state index contributed by atoms with van der Waals surface area (Å²) in [7, 11) is 0. The molecule has 0 radical (unpaired) electrons. The maximum atomic E-state index is 2.41. The molecule has 0 saturated carbocycles. The van der Waals surface area contributed by atoms with E-state index in [1.165, 1.54) is 30.4 Å². The van der Waals surface area contributed by atoms with Crippen molar-refractivity contribution in [1.82, 2.24) is 0 Å². The van der Waals surface area contributed by atoms with E-state index < -0.39 is 0 Å². The first-order valence-corrected chi connectivity index (χ1v) is 5.84. The minimum Gasteiger partial charge on any atom is -0.0804 e. The van der Waals surface area contributed by atoms with Gasteiger partial charge < -0.3 is 0 Å². The smallest absolute Gasteiger partial charge is 0.0216 e. The van der Waals surface area contributed by atoms with Gasteiger partial charge in [0.25, 0.3) is 0 Å². The van der Waals surface area contributed by atoms with Crippen LogP contribution in [0.3, 0.4) is 0 Å². The highest BCUT2D eigenvalue weighted by molar-refractivity contribution is 5.46. The van der Waals surface area contributed by atoms with E-state index in [0.717, 1.165) is 5.92 Å². The molecule has 78 valence electrons. The molecule has 1 unspecified atom stereocenters. The van der Waals surface area contributed by atoms with Crippen LogP contribution in [0.2, 0.25) is 0 Å². The van der Waals surface area contributed by atoms with Crippen LogP contribution in [0, 0.1) is 5.92 Å². The number of rotatable bonds is 1. The van der Waals surface area contributed by atoms with Gasteiger partial charge in [-0.15, -0.1) is 0 Å². The summed E-state index contributed by atoms with van der Waals surface area (Å²) in [6.07, 6.45) is 10.9. The van der Waals surface area contributed by atoms with Crippen LogP contribution in [0.25, 0.3) is 0 Å². The largest absolute Gasteiger partial charge is 0.0804 e. The van der Waals surface area contributed by atoms with Crippen molar-refractivity contribution in [2.24, 2.45) is 5.92 Å². The average Bonchev–Trinajstić information content (AvgIpc) is 2.02. The summed E-state index contributed by atoms with van der Waals surface area (Å²) in [6.45, 7) is 8.54. The standard InChI is InChI=1S/C12H16.C2H6/c1-9-6-10(2)8-12(7-9)11-4-3-5-11;1-2/h4,7-9H,3,5-6H2,1-2H3;1-2H3. The Balaban J connectivity index is 0.000000461. The van der Waals surface area contributed by atoms with Crippen molar-refractivity contribution in [3.8, 4) is 0 Å². The summed E-state index contributed by atoms with van der Waals surface area (Å²) in [5.41, 5.74) is 4.60. The number of hydrogen-bond donors (Lipinski definition) is 0. The zero-order valence-corrected chi connectivity index (χ0v) is 9.93. The molecule has 0 heteroatoms. The third kappa shape index (κ3) is 2.60. The maximum absolute atomic E-state index is 2.41. The Morgan fingerprint density at radius 3 is 2.36 bits per heavy atom. The summed E-state index contributed by atoms with van der Waals surface area (Å²) in [4.78, 5) is 0. The van der Waals surface area contributed by atoms with Gasteiger partial charge in [0.15, 0.2) is 0 Å². The molecule has 0 saturated heterocycles. The normalized spacial score (nSPS) is 24.9. The van der Waals surface area contributed by atoms with Crippen LogP contribution in [0.15, 0.2) is 34.9 Å². The monoisotopic (exact) mass is 190 g/mol. The molecule has 0 bridgehead atoms. The number of allylic oxidation sites excluding steroid dienone is 6. The highest BCUT2D eigenvalue weighted by Crippen LogP contribution is 2.32. The molecule has 0 amide bonds. The molecule has 0 aromatic rings. The quantitative estimate of drug-likeness (QED) is 0.565. The van der Waals surface area contributed by atoms with Gasteiger partial charge in [0.2, 0.25) is 0 Å². The van der Waals surface area contributed by atoms with E-state index in [4.69, 9.17) is 0 Å². The SMILES string of the molecule is CC.CC1=CC(C2=CCC2)=CC(C)C1. The second-order valence-corrected chi connectivity index (χ2v) is 4.06. The van der Waals surface area contributed by atoms with Crippen molar-refractivity contribution in [2.75, 3.05) is 0 Å². The lowest BCUT2D eigenvalue weighted by Gasteiger charge is -2.22. The molecule has 2 aliphatic carbocycles. The molecule has 0 N–H and O–H groups in total. The van der Waals surface area contributed by atoms with E-state index in [1.807, 2.05) is 13.8 Å². The van der Waals surface area contributed by atoms with Crippen molar-refractivity contribution >= 4 is 0 Å². The van der Waals surface area contributed by atoms with E-state index in [-0.39, 0.29) is 0 Å². The molecule has 0 aromatic carbocycles. The molecule has 0 spiro atoms. The second kappa shape index (κ2) is 5.19. The van der Waals surface area contributed by atoms with Gasteiger partial charge in [-0.2, -0.15) is 0 Å². The van der Waals surface area contributed by atoms with Gasteiger partial charge in [0.05, 0.1) is 0 Å². The fourth-order valence-corrected chi connectivity index (χ4v) is 2.00. The molecule has 0 aliphatic heterocycles. The molecule has 2 aliphatic rings. The summed E-state index contributed by atoms with van der Waals surface area (Å²) >= 11 is 0. The van der Waals surface area contributed by atoms with E-state index in [1.54, 1.807) is 5.57 Å². The summed E-state index contributed by atoms with van der Waals surface area (Å²) < 4.78 is 0. The predicted octanol–water partition coefficient (Wildman–Crippen LogP) is 4.65. The van der Waals surface area contributed by atoms with Crippen LogP contribution >= 0.6 is 0 Å². The van der Waals surface area contributed by atoms with Gasteiger partial charge in [-0.25, -0.2) is 0 Å². The van der Waals surface area contributed by atoms with Crippen LogP contribution in [-0.2, 0) is 0 Å². The Labute approximate surface area is 88.4 Å². The van der Waals surface area contributed by atoms with Crippen LogP contribution in [0.5, 0.6) is 0 Å². The zero-order chi connectivity index (χ0) is 10.6. The average molecular weight is 190 g/mol. The summed E-state index contributed by atoms with van der Waals surface area (Å²) in [5.74, 6) is 0.742. The highest BCUT2D eigenvalue weighted by atomic mass is 14.2. The van der Waals surface area contributed by atoms with Crippen LogP contribution < -0.4 is 0 Å². The topological polar surface area (TPSA) is 0 Å². The van der Waals surface area contributed by atoms with Crippen molar-refractivity contribution in [3.63, 3.8) is 0 Å². The van der Waals surface area contributed by atoms with Gasteiger partial charge in [-0.3, -0.25) is 0 Å². The van der Waals surface area contributed by atoms with Crippen LogP contribution in [0.4, 0.5) is 0 Å². The summed E-state index contributed by atoms with van der Waals surface area (Å²) in [6, 6.07) is 0. The molecular weight excluding hydrogens is 168 g/mol. The second-order valence-electron chi connectivity index (χ2n) is 4.06. The Morgan fingerprint density at radius 2 is 1.93 bits per heavy atom. The van der Waals surface area contributed by atoms with Crippen LogP contribution in [-0.4, -0.2) is 0 Å².